The van der Waals surface area contributed by atoms with E-state index in [9.17, 15) is 0 Å². The molecule has 100 valence electrons. The van der Waals surface area contributed by atoms with Gasteiger partial charge in [0.2, 0.25) is 0 Å². The van der Waals surface area contributed by atoms with Crippen LogP contribution in [0, 0.1) is 5.92 Å². The van der Waals surface area contributed by atoms with Gasteiger partial charge in [-0.25, -0.2) is 0 Å². The van der Waals surface area contributed by atoms with E-state index >= 15 is 0 Å². The lowest BCUT2D eigenvalue weighted by Gasteiger charge is -2.31. The van der Waals surface area contributed by atoms with Crippen LogP contribution < -0.4 is 5.32 Å². The minimum atomic E-state index is 0.712. The third-order valence-corrected chi connectivity index (χ3v) is 4.18. The summed E-state index contributed by atoms with van der Waals surface area (Å²) >= 11 is 0. The first-order chi connectivity index (χ1) is 8.90. The highest BCUT2D eigenvalue weighted by molar-refractivity contribution is 5.10. The Morgan fingerprint density at radius 3 is 2.61 bits per heavy atom. The van der Waals surface area contributed by atoms with Crippen LogP contribution in [0.2, 0.25) is 0 Å². The van der Waals surface area contributed by atoms with Gasteiger partial charge >= 0.3 is 0 Å². The van der Waals surface area contributed by atoms with E-state index < -0.39 is 0 Å². The lowest BCUT2D eigenvalue weighted by molar-refractivity contribution is 0.261. The number of rotatable bonds is 6. The molecule has 1 atom stereocenters. The predicted molar refractivity (Wildman–Crippen MR) is 76.6 cm³/mol. The Hall–Kier alpha value is -0.890. The highest BCUT2D eigenvalue weighted by Gasteiger charge is 2.22. The fourth-order valence-electron chi connectivity index (χ4n) is 3.17. The van der Waals surface area contributed by atoms with E-state index in [1.807, 2.05) is 12.4 Å². The van der Waals surface area contributed by atoms with Crippen molar-refractivity contribution in [1.82, 2.24) is 10.3 Å². The van der Waals surface area contributed by atoms with Crippen molar-refractivity contribution < 1.29 is 0 Å². The fraction of sp³-hybridized carbons (Fsp3) is 0.688. The molecule has 0 amide bonds. The summed E-state index contributed by atoms with van der Waals surface area (Å²) in [6.45, 7) is 3.32. The Morgan fingerprint density at radius 2 is 1.94 bits per heavy atom. The molecular weight excluding hydrogens is 220 g/mol. The molecule has 2 heteroatoms. The highest BCUT2D eigenvalue weighted by Crippen LogP contribution is 2.28. The summed E-state index contributed by atoms with van der Waals surface area (Å²) in [5, 5.41) is 3.71. The summed E-state index contributed by atoms with van der Waals surface area (Å²) < 4.78 is 0. The molecule has 1 unspecified atom stereocenters. The molecular formula is C16H26N2. The summed E-state index contributed by atoms with van der Waals surface area (Å²) in [4.78, 5) is 4.08. The van der Waals surface area contributed by atoms with Crippen LogP contribution >= 0.6 is 0 Å². The average molecular weight is 246 g/mol. The monoisotopic (exact) mass is 246 g/mol. The molecule has 0 aliphatic heterocycles. The van der Waals surface area contributed by atoms with Gasteiger partial charge in [-0.2, -0.15) is 0 Å². The van der Waals surface area contributed by atoms with Gasteiger partial charge in [0.05, 0.1) is 0 Å². The molecule has 2 rings (SSSR count). The van der Waals surface area contributed by atoms with E-state index in [0.29, 0.717) is 6.04 Å². The zero-order valence-electron chi connectivity index (χ0n) is 11.6. The van der Waals surface area contributed by atoms with Gasteiger partial charge in [0.25, 0.3) is 0 Å². The maximum absolute atomic E-state index is 4.08. The number of nitrogens with zero attached hydrogens (tertiary/aromatic N) is 1. The normalized spacial score (nSPS) is 18.7. The zero-order valence-corrected chi connectivity index (χ0v) is 11.6. The third-order valence-electron chi connectivity index (χ3n) is 4.18. The van der Waals surface area contributed by atoms with Crippen LogP contribution in [0.15, 0.2) is 24.5 Å². The Morgan fingerprint density at radius 1 is 1.22 bits per heavy atom. The number of pyridine rings is 1. The smallest absolute Gasteiger partial charge is 0.0270 e. The van der Waals surface area contributed by atoms with Crippen molar-refractivity contribution in [3.05, 3.63) is 30.1 Å². The minimum absolute atomic E-state index is 0.712. The Bertz CT molecular complexity index is 317. The van der Waals surface area contributed by atoms with Crippen molar-refractivity contribution >= 4 is 0 Å². The summed E-state index contributed by atoms with van der Waals surface area (Å²) in [7, 11) is 0. The van der Waals surface area contributed by atoms with Gasteiger partial charge in [-0.15, -0.1) is 0 Å². The van der Waals surface area contributed by atoms with E-state index in [2.05, 4.69) is 29.4 Å². The fourth-order valence-corrected chi connectivity index (χ4v) is 3.17. The molecule has 1 N–H and O–H groups in total. The largest absolute Gasteiger partial charge is 0.314 e. The van der Waals surface area contributed by atoms with Crippen molar-refractivity contribution in [3.8, 4) is 0 Å². The maximum atomic E-state index is 4.08. The first-order valence-corrected chi connectivity index (χ1v) is 7.52. The van der Waals surface area contributed by atoms with Crippen molar-refractivity contribution in [2.24, 2.45) is 5.92 Å². The molecule has 1 fully saturated rings. The number of hydrogen-bond donors (Lipinski definition) is 1. The summed E-state index contributed by atoms with van der Waals surface area (Å²) in [6.07, 6.45) is 13.4. The Labute approximate surface area is 111 Å². The average Bonchev–Trinajstić information content (AvgIpc) is 2.45. The summed E-state index contributed by atoms with van der Waals surface area (Å²) in [5.74, 6) is 0.903. The lowest BCUT2D eigenvalue weighted by Crippen LogP contribution is -2.37. The second kappa shape index (κ2) is 7.52. The Balaban J connectivity index is 1.85. The quantitative estimate of drug-likeness (QED) is 0.830. The number of aryl methyl sites for hydroxylation is 1. The maximum Gasteiger partial charge on any atom is 0.0270 e. The van der Waals surface area contributed by atoms with Gasteiger partial charge in [0.1, 0.15) is 0 Å². The molecule has 1 saturated carbocycles. The van der Waals surface area contributed by atoms with Crippen LogP contribution in [0.1, 0.15) is 51.0 Å². The van der Waals surface area contributed by atoms with Gasteiger partial charge in [0, 0.05) is 18.4 Å². The van der Waals surface area contributed by atoms with Crippen LogP contribution in [0.5, 0.6) is 0 Å². The van der Waals surface area contributed by atoms with Gasteiger partial charge < -0.3 is 5.32 Å². The standard InChI is InChI=1S/C16H26N2/c1-2-18-16(15-6-4-3-5-7-15)9-8-14-10-12-17-13-11-14/h10-13,15-16,18H,2-9H2,1H3. The molecule has 2 nitrogen and oxygen atoms in total. The van der Waals surface area contributed by atoms with Gasteiger partial charge in [-0.3, -0.25) is 4.98 Å². The number of hydrogen-bond acceptors (Lipinski definition) is 2. The van der Waals surface area contributed by atoms with E-state index in [1.54, 1.807) is 0 Å². The molecule has 1 aliphatic carbocycles. The number of aromatic nitrogens is 1. The number of nitrogens with one attached hydrogen (secondary N) is 1. The summed E-state index contributed by atoms with van der Waals surface area (Å²) in [5.41, 5.74) is 1.42. The molecule has 0 bridgehead atoms. The second-order valence-electron chi connectivity index (χ2n) is 5.46. The molecule has 1 aliphatic rings. The lowest BCUT2D eigenvalue weighted by atomic mass is 9.82. The van der Waals surface area contributed by atoms with Crippen molar-refractivity contribution in [1.29, 1.82) is 0 Å². The second-order valence-corrected chi connectivity index (χ2v) is 5.46. The van der Waals surface area contributed by atoms with Gasteiger partial charge in [-0.1, -0.05) is 26.2 Å². The van der Waals surface area contributed by atoms with Crippen LogP contribution in [-0.4, -0.2) is 17.6 Å². The van der Waals surface area contributed by atoms with Crippen LogP contribution in [0.3, 0.4) is 0 Å². The van der Waals surface area contributed by atoms with Crippen molar-refractivity contribution in [3.63, 3.8) is 0 Å². The van der Waals surface area contributed by atoms with Crippen LogP contribution in [0.4, 0.5) is 0 Å². The molecule has 0 spiro atoms. The molecule has 1 heterocycles. The van der Waals surface area contributed by atoms with Gasteiger partial charge in [-0.05, 0) is 55.8 Å². The van der Waals surface area contributed by atoms with E-state index in [4.69, 9.17) is 0 Å². The first kappa shape index (κ1) is 13.5. The van der Waals surface area contributed by atoms with E-state index in [0.717, 1.165) is 12.5 Å². The molecule has 0 saturated heterocycles. The highest BCUT2D eigenvalue weighted by atomic mass is 14.9. The molecule has 1 aromatic heterocycles. The molecule has 0 aromatic carbocycles. The van der Waals surface area contributed by atoms with Crippen molar-refractivity contribution in [2.45, 2.75) is 57.9 Å². The van der Waals surface area contributed by atoms with Crippen LogP contribution in [-0.2, 0) is 6.42 Å². The zero-order chi connectivity index (χ0) is 12.6. The molecule has 18 heavy (non-hydrogen) atoms. The summed E-state index contributed by atoms with van der Waals surface area (Å²) in [6, 6.07) is 5.00. The van der Waals surface area contributed by atoms with E-state index in [1.165, 1.54) is 50.5 Å². The minimum Gasteiger partial charge on any atom is -0.314 e. The first-order valence-electron chi connectivity index (χ1n) is 7.52. The Kier molecular flexibility index (Phi) is 5.66. The van der Waals surface area contributed by atoms with Crippen LogP contribution in [0.25, 0.3) is 0 Å². The van der Waals surface area contributed by atoms with Gasteiger partial charge in [0.15, 0.2) is 0 Å². The molecule has 1 aromatic rings. The van der Waals surface area contributed by atoms with Crippen molar-refractivity contribution in [2.75, 3.05) is 6.54 Å². The molecule has 0 radical (unpaired) electrons. The van der Waals surface area contributed by atoms with E-state index in [-0.39, 0.29) is 0 Å². The SMILES string of the molecule is CCNC(CCc1ccncc1)C1CCCCC1. The topological polar surface area (TPSA) is 24.9 Å². The predicted octanol–water partition coefficient (Wildman–Crippen LogP) is 3.57. The third kappa shape index (κ3) is 4.09.